The number of nitro groups is 1. The fourth-order valence-corrected chi connectivity index (χ4v) is 4.96. The van der Waals surface area contributed by atoms with Crippen LogP contribution >= 0.6 is 11.8 Å². The normalized spacial score (nSPS) is 12.8. The number of aromatic amines is 1. The van der Waals surface area contributed by atoms with Gasteiger partial charge in [0.25, 0.3) is 17.5 Å². The molecule has 2 heterocycles. The second-order valence-electron chi connectivity index (χ2n) is 8.16. The number of hydrogen-bond donors (Lipinski definition) is 1. The van der Waals surface area contributed by atoms with E-state index in [0.29, 0.717) is 22.6 Å². The molecule has 174 valence electrons. The first-order chi connectivity index (χ1) is 17.5. The molecule has 0 aliphatic carbocycles. The number of H-pyrrole nitrogens is 1. The van der Waals surface area contributed by atoms with E-state index in [1.54, 1.807) is 42.5 Å². The summed E-state index contributed by atoms with van der Waals surface area (Å²) >= 11 is 1.43. The van der Waals surface area contributed by atoms with Gasteiger partial charge in [-0.05, 0) is 60.7 Å². The van der Waals surface area contributed by atoms with Gasteiger partial charge in [-0.2, -0.15) is 0 Å². The molecule has 1 aliphatic heterocycles. The van der Waals surface area contributed by atoms with E-state index in [-0.39, 0.29) is 17.5 Å². The minimum Gasteiger partial charge on any atom is -0.338 e. The first-order valence-electron chi connectivity index (χ1n) is 11.0. The van der Waals surface area contributed by atoms with Crippen LogP contribution < -0.4 is 4.90 Å². The number of carbonyl (C=O) groups is 2. The number of carbonyl (C=O) groups excluding carboxylic acids is 2. The summed E-state index contributed by atoms with van der Waals surface area (Å²) < 4.78 is 0. The maximum absolute atomic E-state index is 13.2. The Morgan fingerprint density at radius 3 is 2.17 bits per heavy atom. The van der Waals surface area contributed by atoms with E-state index in [1.807, 2.05) is 36.4 Å². The zero-order valence-electron chi connectivity index (χ0n) is 18.5. The zero-order chi connectivity index (χ0) is 24.8. The monoisotopic (exact) mass is 492 g/mol. The number of hydrogen-bond acceptors (Lipinski definition) is 6. The van der Waals surface area contributed by atoms with Gasteiger partial charge in [0.1, 0.15) is 5.82 Å². The number of rotatable bonds is 5. The average molecular weight is 493 g/mol. The molecule has 6 rings (SSSR count). The maximum Gasteiger partial charge on any atom is 0.269 e. The molecule has 0 saturated carbocycles. The number of nitro benzene ring substituents is 1. The first-order valence-corrected chi connectivity index (χ1v) is 11.8. The number of amides is 2. The van der Waals surface area contributed by atoms with Crippen molar-refractivity contribution >= 4 is 46.0 Å². The predicted molar refractivity (Wildman–Crippen MR) is 136 cm³/mol. The molecule has 0 atom stereocenters. The number of anilines is 1. The largest absolute Gasteiger partial charge is 0.338 e. The Morgan fingerprint density at radius 1 is 0.806 bits per heavy atom. The minimum atomic E-state index is -0.440. The van der Waals surface area contributed by atoms with Crippen LogP contribution in [-0.4, -0.2) is 26.7 Å². The lowest BCUT2D eigenvalue weighted by molar-refractivity contribution is -0.384. The SMILES string of the molecule is O=C1c2ccc(-c3nc4ccccc4[nH]3)cc2C(=O)N1c1ccc(Sc2ccc([N+](=O)[O-])cc2)cc1. The fourth-order valence-electron chi connectivity index (χ4n) is 4.15. The summed E-state index contributed by atoms with van der Waals surface area (Å²) in [5, 5.41) is 10.8. The molecule has 5 aromatic rings. The van der Waals surface area contributed by atoms with Crippen LogP contribution in [0.1, 0.15) is 20.7 Å². The summed E-state index contributed by atoms with van der Waals surface area (Å²) in [6.45, 7) is 0. The zero-order valence-corrected chi connectivity index (χ0v) is 19.4. The van der Waals surface area contributed by atoms with Crippen LogP contribution in [0.2, 0.25) is 0 Å². The predicted octanol–water partition coefficient (Wildman–Crippen LogP) is 6.09. The van der Waals surface area contributed by atoms with Crippen LogP contribution in [0.3, 0.4) is 0 Å². The molecule has 0 bridgehead atoms. The number of nitrogens with zero attached hydrogens (tertiary/aromatic N) is 3. The summed E-state index contributed by atoms with van der Waals surface area (Å²) in [5.74, 6) is -0.129. The molecule has 0 saturated heterocycles. The second kappa shape index (κ2) is 8.47. The lowest BCUT2D eigenvalue weighted by atomic mass is 10.1. The van der Waals surface area contributed by atoms with Crippen LogP contribution in [-0.2, 0) is 0 Å². The molecular weight excluding hydrogens is 476 g/mol. The molecule has 0 spiro atoms. The quantitative estimate of drug-likeness (QED) is 0.181. The van der Waals surface area contributed by atoms with Crippen LogP contribution in [0.4, 0.5) is 11.4 Å². The Morgan fingerprint density at radius 2 is 1.47 bits per heavy atom. The van der Waals surface area contributed by atoms with Gasteiger partial charge in [-0.1, -0.05) is 30.0 Å². The van der Waals surface area contributed by atoms with Gasteiger partial charge in [0, 0.05) is 27.5 Å². The van der Waals surface area contributed by atoms with Gasteiger partial charge in [0.2, 0.25) is 0 Å². The van der Waals surface area contributed by atoms with Crippen molar-refractivity contribution in [2.24, 2.45) is 0 Å². The number of non-ortho nitro benzene ring substituents is 1. The van der Waals surface area contributed by atoms with Crippen molar-refractivity contribution in [2.45, 2.75) is 9.79 Å². The number of aromatic nitrogens is 2. The summed E-state index contributed by atoms with van der Waals surface area (Å²) in [6, 6.07) is 26.1. The number of benzene rings is 4. The molecule has 2 amide bonds. The number of nitrogens with one attached hydrogen (secondary N) is 1. The molecule has 1 aromatic heterocycles. The average Bonchev–Trinajstić information content (AvgIpc) is 3.44. The summed E-state index contributed by atoms with van der Waals surface area (Å²) in [6.07, 6.45) is 0. The Labute approximate surface area is 208 Å². The molecule has 4 aromatic carbocycles. The van der Waals surface area contributed by atoms with Crippen LogP contribution in [0, 0.1) is 10.1 Å². The number of fused-ring (bicyclic) bond motifs is 2. The highest BCUT2D eigenvalue weighted by molar-refractivity contribution is 7.99. The molecule has 1 N–H and O–H groups in total. The van der Waals surface area contributed by atoms with Gasteiger partial charge >= 0.3 is 0 Å². The van der Waals surface area contributed by atoms with Gasteiger partial charge in [-0.15, -0.1) is 0 Å². The van der Waals surface area contributed by atoms with Crippen molar-refractivity contribution in [3.63, 3.8) is 0 Å². The van der Waals surface area contributed by atoms with Crippen molar-refractivity contribution in [3.05, 3.63) is 112 Å². The van der Waals surface area contributed by atoms with Gasteiger partial charge < -0.3 is 4.98 Å². The van der Waals surface area contributed by atoms with E-state index in [1.165, 1.54) is 28.8 Å². The van der Waals surface area contributed by atoms with Gasteiger partial charge in [-0.25, -0.2) is 9.88 Å². The number of para-hydroxylation sites is 2. The first kappa shape index (κ1) is 21.8. The third-order valence-electron chi connectivity index (χ3n) is 5.93. The minimum absolute atomic E-state index is 0.0313. The highest BCUT2D eigenvalue weighted by Crippen LogP contribution is 2.34. The molecule has 0 unspecified atom stereocenters. The lowest BCUT2D eigenvalue weighted by Crippen LogP contribution is -2.29. The Balaban J connectivity index is 1.24. The van der Waals surface area contributed by atoms with Crippen LogP contribution in [0.5, 0.6) is 0 Å². The third kappa shape index (κ3) is 3.71. The smallest absolute Gasteiger partial charge is 0.269 e. The van der Waals surface area contributed by atoms with Crippen molar-refractivity contribution in [2.75, 3.05) is 4.90 Å². The highest BCUT2D eigenvalue weighted by Gasteiger charge is 2.37. The lowest BCUT2D eigenvalue weighted by Gasteiger charge is -2.14. The fraction of sp³-hybridized carbons (Fsp3) is 0. The van der Waals surface area contributed by atoms with Crippen molar-refractivity contribution in [1.29, 1.82) is 0 Å². The Hall–Kier alpha value is -4.76. The topological polar surface area (TPSA) is 109 Å². The molecule has 0 fully saturated rings. The highest BCUT2D eigenvalue weighted by atomic mass is 32.2. The van der Waals surface area contributed by atoms with Crippen molar-refractivity contribution < 1.29 is 14.5 Å². The van der Waals surface area contributed by atoms with Gasteiger partial charge in [-0.3, -0.25) is 19.7 Å². The molecular formula is C27H16N4O4S. The van der Waals surface area contributed by atoms with Gasteiger partial charge in [0.05, 0.1) is 32.8 Å². The summed E-state index contributed by atoms with van der Waals surface area (Å²) in [7, 11) is 0. The van der Waals surface area contributed by atoms with Crippen LogP contribution in [0.15, 0.2) is 101 Å². The van der Waals surface area contributed by atoms with E-state index in [2.05, 4.69) is 9.97 Å². The summed E-state index contributed by atoms with van der Waals surface area (Å²) in [4.78, 5) is 47.4. The number of imidazole rings is 1. The Kier molecular flexibility index (Phi) is 5.12. The van der Waals surface area contributed by atoms with E-state index in [4.69, 9.17) is 0 Å². The van der Waals surface area contributed by atoms with E-state index < -0.39 is 4.92 Å². The number of imide groups is 1. The molecule has 8 nitrogen and oxygen atoms in total. The maximum atomic E-state index is 13.2. The molecule has 36 heavy (non-hydrogen) atoms. The summed E-state index contributed by atoms with van der Waals surface area (Å²) in [5.41, 5.74) is 3.63. The van der Waals surface area contributed by atoms with E-state index >= 15 is 0 Å². The third-order valence-corrected chi connectivity index (χ3v) is 6.94. The van der Waals surface area contributed by atoms with E-state index in [9.17, 15) is 19.7 Å². The van der Waals surface area contributed by atoms with Gasteiger partial charge in [0.15, 0.2) is 0 Å². The Bertz CT molecular complexity index is 1640. The van der Waals surface area contributed by atoms with Crippen molar-refractivity contribution in [3.8, 4) is 11.4 Å². The molecule has 9 heteroatoms. The van der Waals surface area contributed by atoms with Crippen LogP contribution in [0.25, 0.3) is 22.4 Å². The second-order valence-corrected chi connectivity index (χ2v) is 9.30. The molecule has 0 radical (unpaired) electrons. The molecule has 1 aliphatic rings. The standard InChI is InChI=1S/C27H16N4O4S/c32-26-21-14-5-16(25-28-23-3-1-2-4-24(23)29-25)15-22(21)27(33)30(26)17-6-10-19(11-7-17)36-20-12-8-18(9-13-20)31(34)35/h1-15H,(H,28,29). The van der Waals surface area contributed by atoms with Crippen molar-refractivity contribution in [1.82, 2.24) is 9.97 Å². The van der Waals surface area contributed by atoms with E-state index in [0.717, 1.165) is 26.4 Å².